The monoisotopic (exact) mass is 326 g/mol. The van der Waals surface area contributed by atoms with Crippen molar-refractivity contribution < 1.29 is 9.53 Å². The van der Waals surface area contributed by atoms with Crippen LogP contribution in [0, 0.1) is 6.92 Å². The van der Waals surface area contributed by atoms with Crippen LogP contribution < -0.4 is 10.1 Å². The summed E-state index contributed by atoms with van der Waals surface area (Å²) in [4.78, 5) is 14.6. The minimum absolute atomic E-state index is 0.0757. The molecule has 0 fully saturated rings. The van der Waals surface area contributed by atoms with Crippen molar-refractivity contribution in [2.75, 3.05) is 27.7 Å². The van der Waals surface area contributed by atoms with Crippen LogP contribution >= 0.6 is 0 Å². The van der Waals surface area contributed by atoms with Crippen molar-refractivity contribution >= 4 is 5.91 Å². The fourth-order valence-electron chi connectivity index (χ4n) is 2.60. The molecule has 0 bridgehead atoms. The van der Waals surface area contributed by atoms with E-state index in [9.17, 15) is 4.79 Å². The van der Waals surface area contributed by atoms with Gasteiger partial charge in [0.05, 0.1) is 7.11 Å². The van der Waals surface area contributed by atoms with Gasteiger partial charge >= 0.3 is 0 Å². The lowest BCUT2D eigenvalue weighted by atomic mass is 10.0. The van der Waals surface area contributed by atoms with Crippen molar-refractivity contribution in [3.05, 3.63) is 65.2 Å². The zero-order valence-corrected chi connectivity index (χ0v) is 14.9. The van der Waals surface area contributed by atoms with E-state index in [4.69, 9.17) is 4.74 Å². The molecule has 128 valence electrons. The zero-order valence-electron chi connectivity index (χ0n) is 14.9. The Labute approximate surface area is 144 Å². The molecule has 1 N–H and O–H groups in total. The molecule has 4 heteroatoms. The van der Waals surface area contributed by atoms with E-state index in [1.807, 2.05) is 51.4 Å². The molecule has 4 nitrogen and oxygen atoms in total. The molecule has 1 atom stereocenters. The Bertz CT molecular complexity index is 669. The highest BCUT2D eigenvalue weighted by Gasteiger charge is 2.15. The molecule has 2 aromatic carbocycles. The number of nitrogens with one attached hydrogen (secondary N) is 1. The number of hydrogen-bond donors (Lipinski definition) is 1. The fraction of sp³-hybridized carbons (Fsp3) is 0.350. The number of methoxy groups -OCH3 is 1. The number of rotatable bonds is 7. The van der Waals surface area contributed by atoms with E-state index in [0.717, 1.165) is 17.7 Å². The van der Waals surface area contributed by atoms with Crippen LogP contribution in [0.5, 0.6) is 5.75 Å². The molecule has 2 rings (SSSR count). The Morgan fingerprint density at radius 2 is 1.88 bits per heavy atom. The van der Waals surface area contributed by atoms with E-state index in [-0.39, 0.29) is 11.9 Å². The summed E-state index contributed by atoms with van der Waals surface area (Å²) in [5.41, 5.74) is 2.90. The molecule has 0 aliphatic rings. The van der Waals surface area contributed by atoms with Crippen molar-refractivity contribution in [3.63, 3.8) is 0 Å². The van der Waals surface area contributed by atoms with Gasteiger partial charge in [-0.2, -0.15) is 0 Å². The number of nitrogens with zero attached hydrogens (tertiary/aromatic N) is 1. The SMILES string of the molecule is COc1cc(C(=O)NC[C@@H](Cc2ccccc2)N(C)C)ccc1C. The van der Waals surface area contributed by atoms with Crippen LogP contribution in [0.15, 0.2) is 48.5 Å². The third-order valence-corrected chi connectivity index (χ3v) is 4.21. The van der Waals surface area contributed by atoms with Gasteiger partial charge in [0.25, 0.3) is 5.91 Å². The fourth-order valence-corrected chi connectivity index (χ4v) is 2.60. The second-order valence-electron chi connectivity index (χ2n) is 6.20. The molecule has 24 heavy (non-hydrogen) atoms. The molecular formula is C20H26N2O2. The molecule has 0 spiro atoms. The summed E-state index contributed by atoms with van der Waals surface area (Å²) >= 11 is 0. The highest BCUT2D eigenvalue weighted by Crippen LogP contribution is 2.18. The Morgan fingerprint density at radius 3 is 2.50 bits per heavy atom. The summed E-state index contributed by atoms with van der Waals surface area (Å²) in [7, 11) is 5.69. The van der Waals surface area contributed by atoms with Crippen LogP contribution in [-0.2, 0) is 6.42 Å². The average molecular weight is 326 g/mol. The molecule has 0 saturated carbocycles. The third-order valence-electron chi connectivity index (χ3n) is 4.21. The average Bonchev–Trinajstić information content (AvgIpc) is 2.59. The third kappa shape index (κ3) is 4.83. The molecular weight excluding hydrogens is 300 g/mol. The topological polar surface area (TPSA) is 41.6 Å². The van der Waals surface area contributed by atoms with Crippen molar-refractivity contribution in [3.8, 4) is 5.75 Å². The maximum absolute atomic E-state index is 12.4. The molecule has 0 aliphatic heterocycles. The predicted octanol–water partition coefficient (Wildman–Crippen LogP) is 2.91. The summed E-state index contributed by atoms with van der Waals surface area (Å²) in [6.07, 6.45) is 0.894. The molecule has 0 radical (unpaired) electrons. The van der Waals surface area contributed by atoms with Crippen LogP contribution in [0.2, 0.25) is 0 Å². The number of carbonyl (C=O) groups is 1. The van der Waals surface area contributed by atoms with Crippen molar-refractivity contribution in [2.45, 2.75) is 19.4 Å². The lowest BCUT2D eigenvalue weighted by molar-refractivity contribution is 0.0941. The number of amides is 1. The summed E-state index contributed by atoms with van der Waals surface area (Å²) in [5, 5.41) is 3.04. The first kappa shape index (κ1) is 18.0. The second kappa shape index (κ2) is 8.50. The highest BCUT2D eigenvalue weighted by atomic mass is 16.5. The van der Waals surface area contributed by atoms with Gasteiger partial charge in [-0.3, -0.25) is 4.79 Å². The lowest BCUT2D eigenvalue weighted by Crippen LogP contribution is -2.41. The Balaban J connectivity index is 2.00. The van der Waals surface area contributed by atoms with Gasteiger partial charge in [-0.05, 0) is 50.7 Å². The zero-order chi connectivity index (χ0) is 17.5. The van der Waals surface area contributed by atoms with Crippen LogP contribution in [0.3, 0.4) is 0 Å². The van der Waals surface area contributed by atoms with Gasteiger partial charge in [0.15, 0.2) is 0 Å². The number of ether oxygens (including phenoxy) is 1. The van der Waals surface area contributed by atoms with Crippen LogP contribution in [0.1, 0.15) is 21.5 Å². The molecule has 0 unspecified atom stereocenters. The standard InChI is InChI=1S/C20H26N2O2/c1-15-10-11-17(13-19(15)24-4)20(23)21-14-18(22(2)3)12-16-8-6-5-7-9-16/h5-11,13,18H,12,14H2,1-4H3,(H,21,23)/t18-/m1/s1. The van der Waals surface area contributed by atoms with Gasteiger partial charge in [-0.1, -0.05) is 36.4 Å². The number of hydrogen-bond acceptors (Lipinski definition) is 3. The van der Waals surface area contributed by atoms with Gasteiger partial charge in [-0.15, -0.1) is 0 Å². The summed E-state index contributed by atoms with van der Waals surface area (Å²) in [6.45, 7) is 2.55. The van der Waals surface area contributed by atoms with Gasteiger partial charge in [-0.25, -0.2) is 0 Å². The molecule has 0 heterocycles. The Hall–Kier alpha value is -2.33. The lowest BCUT2D eigenvalue weighted by Gasteiger charge is -2.25. The maximum atomic E-state index is 12.4. The molecule has 2 aromatic rings. The summed E-state index contributed by atoms with van der Waals surface area (Å²) < 4.78 is 5.29. The first-order chi connectivity index (χ1) is 11.5. The first-order valence-corrected chi connectivity index (χ1v) is 8.14. The van der Waals surface area contributed by atoms with E-state index >= 15 is 0 Å². The van der Waals surface area contributed by atoms with Gasteiger partial charge in [0, 0.05) is 18.2 Å². The van der Waals surface area contributed by atoms with Crippen molar-refractivity contribution in [2.24, 2.45) is 0 Å². The van der Waals surface area contributed by atoms with Crippen LogP contribution in [0.25, 0.3) is 0 Å². The highest BCUT2D eigenvalue weighted by molar-refractivity contribution is 5.94. The quantitative estimate of drug-likeness (QED) is 0.850. The smallest absolute Gasteiger partial charge is 0.251 e. The number of aryl methyl sites for hydroxylation is 1. The van der Waals surface area contributed by atoms with Gasteiger partial charge < -0.3 is 15.0 Å². The van der Waals surface area contributed by atoms with E-state index < -0.39 is 0 Å². The minimum Gasteiger partial charge on any atom is -0.496 e. The Morgan fingerprint density at radius 1 is 1.17 bits per heavy atom. The summed E-state index contributed by atoms with van der Waals surface area (Å²) in [5.74, 6) is 0.657. The Kier molecular flexibility index (Phi) is 6.38. The molecule has 0 aliphatic carbocycles. The number of carbonyl (C=O) groups excluding carboxylic acids is 1. The normalized spacial score (nSPS) is 12.0. The molecule has 0 saturated heterocycles. The van der Waals surface area contributed by atoms with Crippen molar-refractivity contribution in [1.29, 1.82) is 0 Å². The van der Waals surface area contributed by atoms with Crippen LogP contribution in [-0.4, -0.2) is 44.6 Å². The largest absolute Gasteiger partial charge is 0.496 e. The van der Waals surface area contributed by atoms with E-state index in [1.165, 1.54) is 5.56 Å². The second-order valence-corrected chi connectivity index (χ2v) is 6.20. The predicted molar refractivity (Wildman–Crippen MR) is 97.7 cm³/mol. The molecule has 0 aromatic heterocycles. The maximum Gasteiger partial charge on any atom is 0.251 e. The summed E-state index contributed by atoms with van der Waals surface area (Å²) in [6, 6.07) is 16.1. The van der Waals surface area contributed by atoms with E-state index in [2.05, 4.69) is 22.3 Å². The first-order valence-electron chi connectivity index (χ1n) is 8.14. The van der Waals surface area contributed by atoms with Crippen LogP contribution in [0.4, 0.5) is 0 Å². The minimum atomic E-state index is -0.0757. The number of likely N-dealkylation sites (N-methyl/N-ethyl adjacent to an activating group) is 1. The van der Waals surface area contributed by atoms with Gasteiger partial charge in [0.1, 0.15) is 5.75 Å². The van der Waals surface area contributed by atoms with E-state index in [0.29, 0.717) is 12.1 Å². The van der Waals surface area contributed by atoms with Gasteiger partial charge in [0.2, 0.25) is 0 Å². The molecule has 1 amide bonds. The van der Waals surface area contributed by atoms with E-state index in [1.54, 1.807) is 13.2 Å². The van der Waals surface area contributed by atoms with Crippen molar-refractivity contribution in [1.82, 2.24) is 10.2 Å². The number of benzene rings is 2.